The SMILES string of the molecule is CCc1ccc(-c2nc3cc(NC(=O)c4cc(C#N)cnc4S(C)(=O)=O)ccc3s2)cc1. The van der Waals surface area contributed by atoms with Crippen LogP contribution < -0.4 is 5.32 Å². The monoisotopic (exact) mass is 462 g/mol. The number of nitriles is 1. The average Bonchev–Trinajstić information content (AvgIpc) is 3.21. The highest BCUT2D eigenvalue weighted by Crippen LogP contribution is 2.32. The summed E-state index contributed by atoms with van der Waals surface area (Å²) in [5, 5.41) is 12.3. The van der Waals surface area contributed by atoms with Crippen molar-refractivity contribution < 1.29 is 13.2 Å². The third-order valence-corrected chi connectivity index (χ3v) is 6.94. The lowest BCUT2D eigenvalue weighted by atomic mass is 10.1. The number of nitrogens with one attached hydrogen (secondary N) is 1. The summed E-state index contributed by atoms with van der Waals surface area (Å²) >= 11 is 1.55. The normalized spacial score (nSPS) is 11.3. The molecule has 0 aliphatic heterocycles. The first-order chi connectivity index (χ1) is 15.3. The van der Waals surface area contributed by atoms with Crippen LogP contribution in [0.1, 0.15) is 28.4 Å². The Labute approximate surface area is 189 Å². The van der Waals surface area contributed by atoms with Gasteiger partial charge in [0.25, 0.3) is 5.91 Å². The molecular weight excluding hydrogens is 444 g/mol. The molecule has 0 radical (unpaired) electrons. The first-order valence-electron chi connectivity index (χ1n) is 9.70. The van der Waals surface area contributed by atoms with Gasteiger partial charge in [0, 0.05) is 23.7 Å². The zero-order valence-corrected chi connectivity index (χ0v) is 18.9. The molecule has 1 amide bonds. The molecule has 0 saturated carbocycles. The van der Waals surface area contributed by atoms with Gasteiger partial charge in [0.1, 0.15) is 11.1 Å². The van der Waals surface area contributed by atoms with E-state index >= 15 is 0 Å². The largest absolute Gasteiger partial charge is 0.322 e. The molecule has 32 heavy (non-hydrogen) atoms. The van der Waals surface area contributed by atoms with E-state index < -0.39 is 15.7 Å². The van der Waals surface area contributed by atoms with Crippen LogP contribution in [0.5, 0.6) is 0 Å². The number of hydrogen-bond donors (Lipinski definition) is 1. The van der Waals surface area contributed by atoms with Crippen LogP contribution in [-0.2, 0) is 16.3 Å². The highest BCUT2D eigenvalue weighted by atomic mass is 32.2. The Morgan fingerprint density at radius 2 is 1.91 bits per heavy atom. The van der Waals surface area contributed by atoms with Gasteiger partial charge in [0.15, 0.2) is 14.9 Å². The number of hydrogen-bond acceptors (Lipinski definition) is 7. The quantitative estimate of drug-likeness (QED) is 0.469. The highest BCUT2D eigenvalue weighted by molar-refractivity contribution is 7.90. The Bertz CT molecular complexity index is 1480. The zero-order chi connectivity index (χ0) is 22.9. The van der Waals surface area contributed by atoms with Gasteiger partial charge in [-0.2, -0.15) is 5.26 Å². The molecule has 0 spiro atoms. The second-order valence-electron chi connectivity index (χ2n) is 7.17. The number of sulfone groups is 1. The fourth-order valence-electron chi connectivity index (χ4n) is 3.18. The van der Waals surface area contributed by atoms with Crippen molar-refractivity contribution in [1.82, 2.24) is 9.97 Å². The molecule has 0 atom stereocenters. The summed E-state index contributed by atoms with van der Waals surface area (Å²) in [7, 11) is -3.75. The van der Waals surface area contributed by atoms with Crippen molar-refractivity contribution >= 4 is 43.0 Å². The van der Waals surface area contributed by atoms with Gasteiger partial charge in [-0.25, -0.2) is 18.4 Å². The van der Waals surface area contributed by atoms with E-state index in [1.54, 1.807) is 23.5 Å². The highest BCUT2D eigenvalue weighted by Gasteiger charge is 2.21. The van der Waals surface area contributed by atoms with Gasteiger partial charge in [-0.1, -0.05) is 31.2 Å². The number of aryl methyl sites for hydroxylation is 1. The van der Waals surface area contributed by atoms with Gasteiger partial charge >= 0.3 is 0 Å². The number of anilines is 1. The van der Waals surface area contributed by atoms with Crippen molar-refractivity contribution in [2.75, 3.05) is 11.6 Å². The van der Waals surface area contributed by atoms with Crippen molar-refractivity contribution in [3.63, 3.8) is 0 Å². The Morgan fingerprint density at radius 3 is 2.56 bits per heavy atom. The van der Waals surface area contributed by atoms with Crippen molar-refractivity contribution in [2.24, 2.45) is 0 Å². The van der Waals surface area contributed by atoms with Crippen LogP contribution in [-0.4, -0.2) is 30.5 Å². The number of aromatic nitrogens is 2. The lowest BCUT2D eigenvalue weighted by Crippen LogP contribution is -2.17. The van der Waals surface area contributed by atoms with E-state index in [4.69, 9.17) is 5.26 Å². The smallest absolute Gasteiger partial charge is 0.258 e. The van der Waals surface area contributed by atoms with Crippen molar-refractivity contribution in [1.29, 1.82) is 5.26 Å². The molecule has 4 aromatic rings. The van der Waals surface area contributed by atoms with Gasteiger partial charge in [-0.05, 0) is 36.2 Å². The summed E-state index contributed by atoms with van der Waals surface area (Å²) < 4.78 is 25.0. The van der Waals surface area contributed by atoms with E-state index in [0.29, 0.717) is 5.69 Å². The molecular formula is C23H18N4O3S2. The number of nitrogens with zero attached hydrogens (tertiary/aromatic N) is 3. The van der Waals surface area contributed by atoms with E-state index in [0.717, 1.165) is 39.7 Å². The number of carbonyl (C=O) groups is 1. The van der Waals surface area contributed by atoms with Crippen LogP contribution >= 0.6 is 11.3 Å². The van der Waals surface area contributed by atoms with Crippen LogP contribution in [0, 0.1) is 11.3 Å². The van der Waals surface area contributed by atoms with Crippen LogP contribution in [0.2, 0.25) is 0 Å². The summed E-state index contributed by atoms with van der Waals surface area (Å²) in [6.45, 7) is 2.11. The molecule has 0 aliphatic rings. The summed E-state index contributed by atoms with van der Waals surface area (Å²) in [5.74, 6) is -0.667. The molecule has 1 N–H and O–H groups in total. The maximum Gasteiger partial charge on any atom is 0.258 e. The molecule has 2 aromatic heterocycles. The third-order valence-electron chi connectivity index (χ3n) is 4.83. The Balaban J connectivity index is 1.65. The minimum Gasteiger partial charge on any atom is -0.322 e. The number of benzene rings is 2. The maximum absolute atomic E-state index is 12.8. The van der Waals surface area contributed by atoms with Crippen molar-refractivity contribution in [3.05, 3.63) is 71.4 Å². The Morgan fingerprint density at radius 1 is 1.16 bits per heavy atom. The number of amides is 1. The summed E-state index contributed by atoms with van der Waals surface area (Å²) in [5.41, 5.74) is 3.37. The summed E-state index contributed by atoms with van der Waals surface area (Å²) in [6, 6.07) is 16.6. The number of pyridine rings is 1. The molecule has 2 aromatic carbocycles. The maximum atomic E-state index is 12.8. The van der Waals surface area contributed by atoms with Crippen molar-refractivity contribution in [2.45, 2.75) is 18.4 Å². The van der Waals surface area contributed by atoms with Gasteiger partial charge < -0.3 is 5.32 Å². The Hall–Kier alpha value is -3.61. The number of carbonyl (C=O) groups excluding carboxylic acids is 1. The Kier molecular flexibility index (Phi) is 5.74. The minimum absolute atomic E-state index is 0.0937. The molecule has 0 aliphatic carbocycles. The van der Waals surface area contributed by atoms with E-state index in [9.17, 15) is 13.2 Å². The lowest BCUT2D eigenvalue weighted by Gasteiger charge is -2.09. The molecule has 4 rings (SSSR count). The molecule has 9 heteroatoms. The van der Waals surface area contributed by atoms with Gasteiger partial charge in [0.2, 0.25) is 0 Å². The van der Waals surface area contributed by atoms with Gasteiger partial charge in [0.05, 0.1) is 21.3 Å². The number of fused-ring (bicyclic) bond motifs is 1. The number of thiazole rings is 1. The van der Waals surface area contributed by atoms with Crippen molar-refractivity contribution in [3.8, 4) is 16.6 Å². The minimum atomic E-state index is -3.75. The lowest BCUT2D eigenvalue weighted by molar-refractivity contribution is 0.102. The first-order valence-corrected chi connectivity index (χ1v) is 12.4. The third kappa shape index (κ3) is 4.37. The van der Waals surface area contributed by atoms with Crippen LogP contribution in [0.4, 0.5) is 5.69 Å². The zero-order valence-electron chi connectivity index (χ0n) is 17.3. The number of rotatable bonds is 5. The predicted molar refractivity (Wildman–Crippen MR) is 124 cm³/mol. The topological polar surface area (TPSA) is 113 Å². The van der Waals surface area contributed by atoms with E-state index in [1.807, 2.05) is 24.3 Å². The fourth-order valence-corrected chi connectivity index (χ4v) is 4.93. The molecule has 0 bridgehead atoms. The molecule has 160 valence electrons. The van der Waals surface area contributed by atoms with E-state index in [2.05, 4.69) is 34.3 Å². The first kappa shape index (κ1) is 21.6. The molecule has 0 unspecified atom stereocenters. The second kappa shape index (κ2) is 8.49. The summed E-state index contributed by atoms with van der Waals surface area (Å²) in [4.78, 5) is 21.3. The second-order valence-corrected chi connectivity index (χ2v) is 10.1. The molecule has 0 saturated heterocycles. The average molecular weight is 463 g/mol. The van der Waals surface area contributed by atoms with E-state index in [1.165, 1.54) is 11.6 Å². The molecule has 2 heterocycles. The standard InChI is InChI=1S/C23H18N4O3S2/c1-3-14-4-6-16(7-5-14)22-27-19-11-17(8-9-20(19)31-22)26-21(28)18-10-15(12-24)13-25-23(18)32(2,29)30/h4-11,13H,3H2,1-2H3,(H,26,28). The summed E-state index contributed by atoms with van der Waals surface area (Å²) in [6.07, 6.45) is 3.06. The fraction of sp³-hybridized carbons (Fsp3) is 0.130. The van der Waals surface area contributed by atoms with Gasteiger partial charge in [-0.15, -0.1) is 11.3 Å². The van der Waals surface area contributed by atoms with Crippen LogP contribution in [0.25, 0.3) is 20.8 Å². The van der Waals surface area contributed by atoms with Gasteiger partial charge in [-0.3, -0.25) is 4.79 Å². The molecule has 7 nitrogen and oxygen atoms in total. The van der Waals surface area contributed by atoms with E-state index in [-0.39, 0.29) is 16.2 Å². The van der Waals surface area contributed by atoms with Crippen LogP contribution in [0.15, 0.2) is 59.8 Å². The predicted octanol–water partition coefficient (Wildman–Crippen LogP) is 4.45. The molecule has 0 fully saturated rings. The van der Waals surface area contributed by atoms with Crippen LogP contribution in [0.3, 0.4) is 0 Å².